The number of hydrogen-bond acceptors (Lipinski definition) is 5. The predicted octanol–water partition coefficient (Wildman–Crippen LogP) is 2.91. The topological polar surface area (TPSA) is 84.1 Å². The number of thioether (sulfide) groups is 1. The van der Waals surface area contributed by atoms with E-state index in [1.807, 2.05) is 37.3 Å². The number of H-pyrrole nitrogens is 1. The molecule has 0 bridgehead atoms. The van der Waals surface area contributed by atoms with Crippen LogP contribution in [0.25, 0.3) is 0 Å². The minimum atomic E-state index is -0.708. The molecule has 0 spiro atoms. The van der Waals surface area contributed by atoms with Crippen LogP contribution in [-0.2, 0) is 27.2 Å². The number of methoxy groups -OCH3 is 1. The lowest BCUT2D eigenvalue weighted by Gasteiger charge is -2.16. The van der Waals surface area contributed by atoms with Gasteiger partial charge in [-0.2, -0.15) is 0 Å². The number of esters is 1. The molecule has 0 aliphatic carbocycles. The number of amides is 1. The van der Waals surface area contributed by atoms with Gasteiger partial charge in [0, 0.05) is 12.1 Å². The Hall–Kier alpha value is -2.28. The standard InChI is InChI=1S/C20H27N3O3S/c1-13(2)10-16-14(3)21-20(23-16)27-12-18(24)22-17(19(25)26-4)11-15-8-6-5-7-9-15/h5-9,13,17H,10-12H2,1-4H3,(H,21,23)(H,22,24). The second-order valence-electron chi connectivity index (χ2n) is 6.83. The molecular weight excluding hydrogens is 362 g/mol. The number of aromatic amines is 1. The molecular formula is C20H27N3O3S. The van der Waals surface area contributed by atoms with Crippen LogP contribution >= 0.6 is 11.8 Å². The number of benzene rings is 1. The Morgan fingerprint density at radius 1 is 1.22 bits per heavy atom. The normalized spacial score (nSPS) is 12.0. The van der Waals surface area contributed by atoms with Crippen molar-refractivity contribution in [1.29, 1.82) is 0 Å². The van der Waals surface area contributed by atoms with Gasteiger partial charge < -0.3 is 15.0 Å². The Morgan fingerprint density at radius 3 is 2.56 bits per heavy atom. The molecule has 1 atom stereocenters. The molecule has 6 nitrogen and oxygen atoms in total. The van der Waals surface area contributed by atoms with Gasteiger partial charge in [0.05, 0.1) is 18.6 Å². The highest BCUT2D eigenvalue weighted by Crippen LogP contribution is 2.18. The lowest BCUT2D eigenvalue weighted by molar-refractivity contribution is -0.144. The summed E-state index contributed by atoms with van der Waals surface area (Å²) in [6.07, 6.45) is 1.29. The third-order valence-corrected chi connectivity index (χ3v) is 4.88. The minimum absolute atomic E-state index is 0.177. The first-order valence-electron chi connectivity index (χ1n) is 8.98. The molecule has 0 radical (unpaired) electrons. The summed E-state index contributed by atoms with van der Waals surface area (Å²) in [4.78, 5) is 32.1. The number of rotatable bonds is 9. The number of aryl methyl sites for hydroxylation is 1. The lowest BCUT2D eigenvalue weighted by Crippen LogP contribution is -2.43. The number of nitrogens with zero attached hydrogens (tertiary/aromatic N) is 1. The van der Waals surface area contributed by atoms with Gasteiger partial charge in [-0.25, -0.2) is 9.78 Å². The molecule has 1 heterocycles. The van der Waals surface area contributed by atoms with E-state index < -0.39 is 12.0 Å². The van der Waals surface area contributed by atoms with Crippen molar-refractivity contribution in [3.63, 3.8) is 0 Å². The smallest absolute Gasteiger partial charge is 0.328 e. The SMILES string of the molecule is COC(=O)C(Cc1ccccc1)NC(=O)CSc1nc(CC(C)C)c(C)[nH]1. The summed E-state index contributed by atoms with van der Waals surface area (Å²) in [7, 11) is 1.32. The quantitative estimate of drug-likeness (QED) is 0.509. The number of nitrogens with one attached hydrogen (secondary N) is 2. The summed E-state index contributed by atoms with van der Waals surface area (Å²) in [5, 5.41) is 3.48. The molecule has 0 fully saturated rings. The van der Waals surface area contributed by atoms with Gasteiger partial charge >= 0.3 is 5.97 Å². The van der Waals surface area contributed by atoms with E-state index in [2.05, 4.69) is 29.1 Å². The van der Waals surface area contributed by atoms with Crippen LogP contribution in [0.2, 0.25) is 0 Å². The third-order valence-electron chi connectivity index (χ3n) is 4.01. The van der Waals surface area contributed by atoms with Gasteiger partial charge in [0.1, 0.15) is 6.04 Å². The Morgan fingerprint density at radius 2 is 1.93 bits per heavy atom. The second kappa shape index (κ2) is 10.2. The number of carbonyl (C=O) groups is 2. The molecule has 146 valence electrons. The maximum absolute atomic E-state index is 12.3. The van der Waals surface area contributed by atoms with E-state index in [9.17, 15) is 9.59 Å². The Labute approximate surface area is 164 Å². The van der Waals surface area contributed by atoms with Gasteiger partial charge in [0.15, 0.2) is 5.16 Å². The Balaban J connectivity index is 1.92. The van der Waals surface area contributed by atoms with E-state index in [4.69, 9.17) is 4.74 Å². The number of hydrogen-bond donors (Lipinski definition) is 2. The molecule has 27 heavy (non-hydrogen) atoms. The first-order valence-corrected chi connectivity index (χ1v) is 9.97. The number of aromatic nitrogens is 2. The minimum Gasteiger partial charge on any atom is -0.467 e. The van der Waals surface area contributed by atoms with Crippen molar-refractivity contribution < 1.29 is 14.3 Å². The molecule has 2 rings (SSSR count). The van der Waals surface area contributed by atoms with Gasteiger partial charge in [-0.1, -0.05) is 55.9 Å². The molecule has 0 saturated heterocycles. The highest BCUT2D eigenvalue weighted by atomic mass is 32.2. The van der Waals surface area contributed by atoms with Crippen molar-refractivity contribution in [3.8, 4) is 0 Å². The van der Waals surface area contributed by atoms with Gasteiger partial charge in [0.2, 0.25) is 5.91 Å². The van der Waals surface area contributed by atoms with Crippen molar-refractivity contribution in [2.24, 2.45) is 5.92 Å². The van der Waals surface area contributed by atoms with Gasteiger partial charge in [0.25, 0.3) is 0 Å². The zero-order valence-corrected chi connectivity index (χ0v) is 17.1. The largest absolute Gasteiger partial charge is 0.467 e. The Kier molecular flexibility index (Phi) is 7.91. The summed E-state index contributed by atoms with van der Waals surface area (Å²) in [5.41, 5.74) is 3.02. The monoisotopic (exact) mass is 389 g/mol. The number of carbonyl (C=O) groups excluding carboxylic acids is 2. The summed E-state index contributed by atoms with van der Waals surface area (Å²) < 4.78 is 4.83. The Bertz CT molecular complexity index is 759. The van der Waals surface area contributed by atoms with Crippen LogP contribution in [-0.4, -0.2) is 40.7 Å². The number of imidazole rings is 1. The maximum Gasteiger partial charge on any atom is 0.328 e. The van der Waals surface area contributed by atoms with Crippen LogP contribution in [0.5, 0.6) is 0 Å². The van der Waals surface area contributed by atoms with Crippen LogP contribution < -0.4 is 5.32 Å². The highest BCUT2D eigenvalue weighted by molar-refractivity contribution is 7.99. The van der Waals surface area contributed by atoms with E-state index in [0.717, 1.165) is 28.5 Å². The van der Waals surface area contributed by atoms with Crippen molar-refractivity contribution in [2.45, 2.75) is 44.8 Å². The lowest BCUT2D eigenvalue weighted by atomic mass is 10.1. The highest BCUT2D eigenvalue weighted by Gasteiger charge is 2.22. The van der Waals surface area contributed by atoms with Crippen LogP contribution in [0.15, 0.2) is 35.5 Å². The van der Waals surface area contributed by atoms with Crippen LogP contribution in [0.4, 0.5) is 0 Å². The maximum atomic E-state index is 12.3. The van der Waals surface area contributed by atoms with E-state index >= 15 is 0 Å². The molecule has 1 aromatic heterocycles. The molecule has 0 aliphatic heterocycles. The van der Waals surface area contributed by atoms with E-state index in [0.29, 0.717) is 12.3 Å². The van der Waals surface area contributed by atoms with Crippen molar-refractivity contribution in [3.05, 3.63) is 47.3 Å². The van der Waals surface area contributed by atoms with Crippen LogP contribution in [0, 0.1) is 12.8 Å². The summed E-state index contributed by atoms with van der Waals surface area (Å²) in [6, 6.07) is 8.83. The predicted molar refractivity (Wildman–Crippen MR) is 107 cm³/mol. The molecule has 2 aromatic rings. The van der Waals surface area contributed by atoms with Crippen molar-refractivity contribution in [1.82, 2.24) is 15.3 Å². The number of ether oxygens (including phenoxy) is 1. The van der Waals surface area contributed by atoms with Gasteiger partial charge in [-0.15, -0.1) is 0 Å². The average molecular weight is 390 g/mol. The van der Waals surface area contributed by atoms with Gasteiger partial charge in [-0.05, 0) is 24.8 Å². The van der Waals surface area contributed by atoms with Crippen LogP contribution in [0.1, 0.15) is 30.8 Å². The molecule has 0 saturated carbocycles. The van der Waals surface area contributed by atoms with Gasteiger partial charge in [-0.3, -0.25) is 4.79 Å². The van der Waals surface area contributed by atoms with Crippen LogP contribution in [0.3, 0.4) is 0 Å². The fraction of sp³-hybridized carbons (Fsp3) is 0.450. The fourth-order valence-corrected chi connectivity index (χ4v) is 3.43. The van der Waals surface area contributed by atoms with E-state index in [-0.39, 0.29) is 11.7 Å². The first-order chi connectivity index (χ1) is 12.9. The van der Waals surface area contributed by atoms with Crippen molar-refractivity contribution >= 4 is 23.6 Å². The first kappa shape index (κ1) is 21.0. The molecule has 1 unspecified atom stereocenters. The summed E-state index contributed by atoms with van der Waals surface area (Å²) >= 11 is 1.33. The van der Waals surface area contributed by atoms with E-state index in [1.54, 1.807) is 0 Å². The molecule has 0 aliphatic rings. The zero-order chi connectivity index (χ0) is 19.8. The molecule has 7 heteroatoms. The van der Waals surface area contributed by atoms with Crippen molar-refractivity contribution in [2.75, 3.05) is 12.9 Å². The van der Waals surface area contributed by atoms with E-state index in [1.165, 1.54) is 18.9 Å². The fourth-order valence-electron chi connectivity index (χ4n) is 2.68. The molecule has 2 N–H and O–H groups in total. The molecule has 1 aromatic carbocycles. The average Bonchev–Trinajstić information content (AvgIpc) is 2.98. The zero-order valence-electron chi connectivity index (χ0n) is 16.2. The summed E-state index contributed by atoms with van der Waals surface area (Å²) in [5.74, 6) is 0.0131. The third kappa shape index (κ3) is 6.75. The summed E-state index contributed by atoms with van der Waals surface area (Å²) in [6.45, 7) is 6.28. The second-order valence-corrected chi connectivity index (χ2v) is 7.80. The molecule has 1 amide bonds.